The third-order valence-corrected chi connectivity index (χ3v) is 2.87. The normalized spacial score (nSPS) is 10.9. The van der Waals surface area contributed by atoms with Gasteiger partial charge in [0.25, 0.3) is 0 Å². The van der Waals surface area contributed by atoms with Crippen molar-refractivity contribution in [2.24, 2.45) is 0 Å². The largest absolute Gasteiger partial charge is 0.382 e. The molecule has 0 aliphatic rings. The second kappa shape index (κ2) is 3.59. The van der Waals surface area contributed by atoms with Crippen molar-refractivity contribution in [1.29, 1.82) is 0 Å². The molecule has 0 bridgehead atoms. The molecule has 17 heavy (non-hydrogen) atoms. The standard InChI is InChI=1S/C13H12N4/c1-8-3-2-4-9-10(5-17-13(8)9)11-6-16-12(14)7-15-11/h2-7,17H,1H3,(H2,14,16). The fourth-order valence-corrected chi connectivity index (χ4v) is 1.99. The Morgan fingerprint density at radius 3 is 2.82 bits per heavy atom. The SMILES string of the molecule is Cc1cccc2c(-c3cnc(N)cn3)c[nH]c12. The number of hydrogen-bond acceptors (Lipinski definition) is 3. The van der Waals surface area contributed by atoms with Crippen molar-refractivity contribution in [3.05, 3.63) is 42.4 Å². The van der Waals surface area contributed by atoms with Crippen LogP contribution in [0.5, 0.6) is 0 Å². The van der Waals surface area contributed by atoms with Crippen LogP contribution in [0.1, 0.15) is 5.56 Å². The van der Waals surface area contributed by atoms with Crippen molar-refractivity contribution in [1.82, 2.24) is 15.0 Å². The van der Waals surface area contributed by atoms with Crippen LogP contribution in [0.2, 0.25) is 0 Å². The molecule has 0 spiro atoms. The molecule has 3 aromatic rings. The van der Waals surface area contributed by atoms with Gasteiger partial charge in [-0.05, 0) is 12.5 Å². The van der Waals surface area contributed by atoms with Crippen LogP contribution in [0.25, 0.3) is 22.2 Å². The number of benzene rings is 1. The molecule has 1 aromatic carbocycles. The zero-order valence-corrected chi connectivity index (χ0v) is 9.44. The Morgan fingerprint density at radius 2 is 2.06 bits per heavy atom. The van der Waals surface area contributed by atoms with E-state index < -0.39 is 0 Å². The lowest BCUT2D eigenvalue weighted by atomic mass is 10.1. The minimum Gasteiger partial charge on any atom is -0.382 e. The highest BCUT2D eigenvalue weighted by Crippen LogP contribution is 2.28. The molecular formula is C13H12N4. The number of aromatic nitrogens is 3. The van der Waals surface area contributed by atoms with E-state index in [1.54, 1.807) is 12.4 Å². The molecule has 4 heteroatoms. The first kappa shape index (κ1) is 9.84. The summed E-state index contributed by atoms with van der Waals surface area (Å²) in [5.74, 6) is 0.435. The lowest BCUT2D eigenvalue weighted by Crippen LogP contribution is -1.91. The molecular weight excluding hydrogens is 212 g/mol. The Labute approximate surface area is 98.5 Å². The van der Waals surface area contributed by atoms with Gasteiger partial charge in [-0.2, -0.15) is 0 Å². The van der Waals surface area contributed by atoms with Crippen LogP contribution in [-0.4, -0.2) is 15.0 Å². The van der Waals surface area contributed by atoms with Crippen molar-refractivity contribution < 1.29 is 0 Å². The summed E-state index contributed by atoms with van der Waals surface area (Å²) < 4.78 is 0. The number of nitrogens with zero attached hydrogens (tertiary/aromatic N) is 2. The summed E-state index contributed by atoms with van der Waals surface area (Å²) >= 11 is 0. The van der Waals surface area contributed by atoms with Gasteiger partial charge in [0.2, 0.25) is 0 Å². The number of aromatic amines is 1. The molecule has 2 heterocycles. The molecule has 3 N–H and O–H groups in total. The highest BCUT2D eigenvalue weighted by atomic mass is 14.9. The molecule has 0 saturated heterocycles. The summed E-state index contributed by atoms with van der Waals surface area (Å²) in [6.07, 6.45) is 5.22. The van der Waals surface area contributed by atoms with Crippen molar-refractivity contribution >= 4 is 16.7 Å². The fraction of sp³-hybridized carbons (Fsp3) is 0.0769. The second-order valence-corrected chi connectivity index (χ2v) is 4.03. The Balaban J connectivity index is 2.24. The Hall–Kier alpha value is -2.36. The third-order valence-electron chi connectivity index (χ3n) is 2.87. The lowest BCUT2D eigenvalue weighted by molar-refractivity contribution is 1.22. The minimum atomic E-state index is 0.435. The van der Waals surface area contributed by atoms with Gasteiger partial charge in [-0.15, -0.1) is 0 Å². The van der Waals surface area contributed by atoms with Gasteiger partial charge in [-0.3, -0.25) is 4.98 Å². The Kier molecular flexibility index (Phi) is 2.08. The first-order valence-corrected chi connectivity index (χ1v) is 5.40. The van der Waals surface area contributed by atoms with Gasteiger partial charge in [0.15, 0.2) is 0 Å². The molecule has 0 amide bonds. The van der Waals surface area contributed by atoms with E-state index in [1.807, 2.05) is 12.3 Å². The number of para-hydroxylation sites is 1. The smallest absolute Gasteiger partial charge is 0.141 e. The summed E-state index contributed by atoms with van der Waals surface area (Å²) in [6, 6.07) is 6.20. The lowest BCUT2D eigenvalue weighted by Gasteiger charge is -1.99. The van der Waals surface area contributed by atoms with Crippen molar-refractivity contribution in [2.75, 3.05) is 5.73 Å². The summed E-state index contributed by atoms with van der Waals surface area (Å²) in [6.45, 7) is 2.08. The van der Waals surface area contributed by atoms with Crippen LogP contribution in [0.4, 0.5) is 5.82 Å². The highest BCUT2D eigenvalue weighted by molar-refractivity contribution is 5.96. The minimum absolute atomic E-state index is 0.435. The van der Waals surface area contributed by atoms with E-state index in [4.69, 9.17) is 5.73 Å². The van der Waals surface area contributed by atoms with Gasteiger partial charge in [-0.1, -0.05) is 18.2 Å². The van der Waals surface area contributed by atoms with Crippen molar-refractivity contribution in [3.8, 4) is 11.3 Å². The predicted octanol–water partition coefficient (Wildman–Crippen LogP) is 2.52. The highest BCUT2D eigenvalue weighted by Gasteiger charge is 2.08. The molecule has 0 radical (unpaired) electrons. The molecule has 0 fully saturated rings. The number of nitrogen functional groups attached to an aromatic ring is 1. The molecule has 84 valence electrons. The van der Waals surface area contributed by atoms with Gasteiger partial charge in [0.05, 0.1) is 18.1 Å². The number of H-pyrrole nitrogens is 1. The number of nitrogens with one attached hydrogen (secondary N) is 1. The number of aryl methyl sites for hydroxylation is 1. The van der Waals surface area contributed by atoms with Crippen LogP contribution in [0.15, 0.2) is 36.8 Å². The van der Waals surface area contributed by atoms with E-state index in [0.29, 0.717) is 5.82 Å². The zero-order chi connectivity index (χ0) is 11.8. The van der Waals surface area contributed by atoms with Gasteiger partial charge < -0.3 is 10.7 Å². The van der Waals surface area contributed by atoms with E-state index >= 15 is 0 Å². The maximum absolute atomic E-state index is 5.54. The quantitative estimate of drug-likeness (QED) is 0.667. The Bertz CT molecular complexity index is 667. The van der Waals surface area contributed by atoms with Crippen LogP contribution >= 0.6 is 0 Å². The van der Waals surface area contributed by atoms with Gasteiger partial charge in [0.1, 0.15) is 5.82 Å². The van der Waals surface area contributed by atoms with Crippen LogP contribution in [0, 0.1) is 6.92 Å². The summed E-state index contributed by atoms with van der Waals surface area (Å²) in [4.78, 5) is 11.6. The third kappa shape index (κ3) is 1.54. The predicted molar refractivity (Wildman–Crippen MR) is 68.5 cm³/mol. The fourth-order valence-electron chi connectivity index (χ4n) is 1.99. The van der Waals surface area contributed by atoms with E-state index in [-0.39, 0.29) is 0 Å². The van der Waals surface area contributed by atoms with Gasteiger partial charge in [0, 0.05) is 22.7 Å². The van der Waals surface area contributed by atoms with E-state index in [0.717, 1.165) is 22.2 Å². The summed E-state index contributed by atoms with van der Waals surface area (Å²) in [5.41, 5.74) is 9.78. The Morgan fingerprint density at radius 1 is 1.18 bits per heavy atom. The van der Waals surface area contributed by atoms with Crippen LogP contribution < -0.4 is 5.73 Å². The van der Waals surface area contributed by atoms with E-state index in [1.165, 1.54) is 5.56 Å². The number of fused-ring (bicyclic) bond motifs is 1. The summed E-state index contributed by atoms with van der Waals surface area (Å²) in [7, 11) is 0. The van der Waals surface area contributed by atoms with Gasteiger partial charge >= 0.3 is 0 Å². The van der Waals surface area contributed by atoms with E-state index in [9.17, 15) is 0 Å². The van der Waals surface area contributed by atoms with E-state index in [2.05, 4.69) is 34.0 Å². The average molecular weight is 224 g/mol. The number of hydrogen-bond donors (Lipinski definition) is 2. The number of nitrogens with two attached hydrogens (primary N) is 1. The molecule has 0 aliphatic carbocycles. The maximum atomic E-state index is 5.54. The van der Waals surface area contributed by atoms with Crippen molar-refractivity contribution in [3.63, 3.8) is 0 Å². The summed E-state index contributed by atoms with van der Waals surface area (Å²) in [5, 5.41) is 1.16. The molecule has 0 unspecified atom stereocenters. The number of rotatable bonds is 1. The topological polar surface area (TPSA) is 67.6 Å². The monoisotopic (exact) mass is 224 g/mol. The first-order chi connectivity index (χ1) is 8.25. The first-order valence-electron chi connectivity index (χ1n) is 5.40. The molecule has 4 nitrogen and oxygen atoms in total. The molecule has 2 aromatic heterocycles. The molecule has 3 rings (SSSR count). The number of anilines is 1. The van der Waals surface area contributed by atoms with Crippen molar-refractivity contribution in [2.45, 2.75) is 6.92 Å². The second-order valence-electron chi connectivity index (χ2n) is 4.03. The van der Waals surface area contributed by atoms with Gasteiger partial charge in [-0.25, -0.2) is 4.98 Å². The molecule has 0 saturated carbocycles. The maximum Gasteiger partial charge on any atom is 0.141 e. The average Bonchev–Trinajstić information content (AvgIpc) is 2.75. The molecule has 0 aliphatic heterocycles. The molecule has 0 atom stereocenters. The van der Waals surface area contributed by atoms with Crippen LogP contribution in [-0.2, 0) is 0 Å². The zero-order valence-electron chi connectivity index (χ0n) is 9.44. The van der Waals surface area contributed by atoms with Crippen LogP contribution in [0.3, 0.4) is 0 Å².